The van der Waals surface area contributed by atoms with E-state index in [4.69, 9.17) is 9.72 Å². The number of hydrogen-bond acceptors (Lipinski definition) is 7. The van der Waals surface area contributed by atoms with E-state index < -0.39 is 0 Å². The summed E-state index contributed by atoms with van der Waals surface area (Å²) < 4.78 is 6.51. The zero-order valence-electron chi connectivity index (χ0n) is 16.9. The third kappa shape index (κ3) is 4.46. The Kier molecular flexibility index (Phi) is 7.39. The monoisotopic (exact) mass is 440 g/mol. The first kappa shape index (κ1) is 22.5. The number of benzene rings is 1. The largest absolute Gasteiger partial charge is 0.494 e. The summed E-state index contributed by atoms with van der Waals surface area (Å²) in [6.45, 7) is 7.15. The topological polar surface area (TPSA) is 58.6 Å². The van der Waals surface area contributed by atoms with Crippen molar-refractivity contribution in [1.29, 1.82) is 0 Å². The van der Waals surface area contributed by atoms with E-state index in [1.165, 1.54) is 22.7 Å². The van der Waals surface area contributed by atoms with E-state index in [0.29, 0.717) is 16.6 Å². The molecule has 3 aromatic rings. The van der Waals surface area contributed by atoms with Crippen LogP contribution in [0.2, 0.25) is 0 Å². The Morgan fingerprint density at radius 3 is 2.39 bits per heavy atom. The van der Waals surface area contributed by atoms with E-state index >= 15 is 0 Å². The fourth-order valence-corrected chi connectivity index (χ4v) is 4.76. The highest BCUT2D eigenvalue weighted by atomic mass is 35.5. The number of methoxy groups -OCH3 is 1. The number of likely N-dealkylation sites (N-methyl/N-ethyl adjacent to an activating group) is 1. The molecule has 0 bridgehead atoms. The molecule has 1 aromatic carbocycles. The van der Waals surface area contributed by atoms with Gasteiger partial charge in [-0.3, -0.25) is 9.69 Å². The average Bonchev–Trinajstić information content (AvgIpc) is 3.19. The number of anilines is 1. The van der Waals surface area contributed by atoms with E-state index in [1.54, 1.807) is 12.0 Å². The average molecular weight is 441 g/mol. The lowest BCUT2D eigenvalue weighted by Crippen LogP contribution is -2.36. The van der Waals surface area contributed by atoms with Crippen molar-refractivity contribution in [3.05, 3.63) is 33.3 Å². The summed E-state index contributed by atoms with van der Waals surface area (Å²) in [6.07, 6.45) is 0. The van der Waals surface area contributed by atoms with Crippen LogP contribution in [-0.4, -0.2) is 55.1 Å². The molecular formula is C19H25ClN4O2S2. The van der Waals surface area contributed by atoms with Crippen LogP contribution in [0.3, 0.4) is 0 Å². The van der Waals surface area contributed by atoms with Gasteiger partial charge in [-0.25, -0.2) is 9.97 Å². The predicted molar refractivity (Wildman–Crippen MR) is 120 cm³/mol. The van der Waals surface area contributed by atoms with Crippen LogP contribution in [-0.2, 0) is 0 Å². The molecular weight excluding hydrogens is 416 g/mol. The zero-order valence-corrected chi connectivity index (χ0v) is 19.3. The standard InChI is InChI=1S/C19H24N4O2S2.ClH/c1-11-7-8-14(25-6)15-16(11)27-19(21-15)23(10-9-22(4)5)18(24)17-12(2)20-13(3)26-17;/h7-8H,9-10H2,1-6H3;1H. The van der Waals surface area contributed by atoms with Crippen LogP contribution >= 0.6 is 35.1 Å². The van der Waals surface area contributed by atoms with Gasteiger partial charge in [0.2, 0.25) is 0 Å². The molecule has 0 aliphatic heterocycles. The van der Waals surface area contributed by atoms with Crippen molar-refractivity contribution >= 4 is 56.3 Å². The van der Waals surface area contributed by atoms with E-state index in [0.717, 1.165) is 38.8 Å². The van der Waals surface area contributed by atoms with Gasteiger partial charge >= 0.3 is 0 Å². The Balaban J connectivity index is 0.00000280. The maximum absolute atomic E-state index is 13.3. The van der Waals surface area contributed by atoms with Crippen LogP contribution in [0.1, 0.15) is 25.9 Å². The molecule has 2 heterocycles. The summed E-state index contributed by atoms with van der Waals surface area (Å²) in [5, 5.41) is 1.58. The minimum Gasteiger partial charge on any atom is -0.494 e. The fourth-order valence-electron chi connectivity index (χ4n) is 2.81. The number of ether oxygens (including phenoxy) is 1. The Hall–Kier alpha value is -1.74. The molecule has 0 saturated carbocycles. The van der Waals surface area contributed by atoms with Crippen molar-refractivity contribution in [1.82, 2.24) is 14.9 Å². The molecule has 0 N–H and O–H groups in total. The van der Waals surface area contributed by atoms with Gasteiger partial charge in [0.15, 0.2) is 5.13 Å². The molecule has 2 aromatic heterocycles. The van der Waals surface area contributed by atoms with Crippen LogP contribution in [0.25, 0.3) is 10.2 Å². The second-order valence-corrected chi connectivity index (χ2v) is 8.85. The SMILES string of the molecule is COc1ccc(C)c2sc(N(CCN(C)C)C(=O)c3sc(C)nc3C)nc12.Cl. The van der Waals surface area contributed by atoms with Crippen LogP contribution < -0.4 is 9.64 Å². The lowest BCUT2D eigenvalue weighted by atomic mass is 10.2. The number of hydrogen-bond donors (Lipinski definition) is 0. The molecule has 28 heavy (non-hydrogen) atoms. The van der Waals surface area contributed by atoms with Crippen LogP contribution in [0, 0.1) is 20.8 Å². The van der Waals surface area contributed by atoms with Gasteiger partial charge < -0.3 is 9.64 Å². The van der Waals surface area contributed by atoms with E-state index in [1.807, 2.05) is 47.0 Å². The first-order valence-electron chi connectivity index (χ1n) is 8.66. The highest BCUT2D eigenvalue weighted by molar-refractivity contribution is 7.22. The quantitative estimate of drug-likeness (QED) is 0.571. The summed E-state index contributed by atoms with van der Waals surface area (Å²) >= 11 is 2.96. The van der Waals surface area contributed by atoms with Gasteiger partial charge in [0, 0.05) is 13.1 Å². The normalized spacial score (nSPS) is 11.0. The van der Waals surface area contributed by atoms with Crippen LogP contribution in [0.15, 0.2) is 12.1 Å². The third-order valence-electron chi connectivity index (χ3n) is 4.26. The van der Waals surface area contributed by atoms with Crippen molar-refractivity contribution in [2.75, 3.05) is 39.2 Å². The van der Waals surface area contributed by atoms with E-state index in [2.05, 4.69) is 9.88 Å². The predicted octanol–water partition coefficient (Wildman–Crippen LogP) is 4.32. The van der Waals surface area contributed by atoms with Gasteiger partial charge in [0.05, 0.1) is 22.5 Å². The Bertz CT molecular complexity index is 984. The number of nitrogens with zero attached hydrogens (tertiary/aromatic N) is 4. The first-order valence-corrected chi connectivity index (χ1v) is 10.3. The number of carbonyl (C=O) groups is 1. The van der Waals surface area contributed by atoms with E-state index in [9.17, 15) is 4.79 Å². The molecule has 0 spiro atoms. The van der Waals surface area contributed by atoms with Crippen molar-refractivity contribution in [2.45, 2.75) is 20.8 Å². The number of halogens is 1. The number of fused-ring (bicyclic) bond motifs is 1. The summed E-state index contributed by atoms with van der Waals surface area (Å²) in [4.78, 5) is 27.0. The molecule has 1 amide bonds. The van der Waals surface area contributed by atoms with E-state index in [-0.39, 0.29) is 18.3 Å². The smallest absolute Gasteiger partial charge is 0.272 e. The van der Waals surface area contributed by atoms with Crippen molar-refractivity contribution in [3.63, 3.8) is 0 Å². The summed E-state index contributed by atoms with van der Waals surface area (Å²) in [5.74, 6) is 0.679. The molecule has 0 aliphatic rings. The van der Waals surface area contributed by atoms with Crippen LogP contribution in [0.4, 0.5) is 5.13 Å². The third-order valence-corrected chi connectivity index (χ3v) is 6.53. The second-order valence-electron chi connectivity index (χ2n) is 6.67. The number of aromatic nitrogens is 2. The maximum Gasteiger partial charge on any atom is 0.272 e. The van der Waals surface area contributed by atoms with Gasteiger partial charge in [0.1, 0.15) is 16.1 Å². The fraction of sp³-hybridized carbons (Fsp3) is 0.421. The summed E-state index contributed by atoms with van der Waals surface area (Å²) in [7, 11) is 5.63. The zero-order chi connectivity index (χ0) is 19.7. The molecule has 152 valence electrons. The molecule has 9 heteroatoms. The van der Waals surface area contributed by atoms with Crippen molar-refractivity contribution in [2.24, 2.45) is 0 Å². The Labute approximate surface area is 179 Å². The van der Waals surface area contributed by atoms with Gasteiger partial charge in [-0.1, -0.05) is 17.4 Å². The highest BCUT2D eigenvalue weighted by Crippen LogP contribution is 2.37. The minimum absolute atomic E-state index is 0. The second kappa shape index (κ2) is 9.17. The molecule has 0 saturated heterocycles. The molecule has 0 unspecified atom stereocenters. The number of carbonyl (C=O) groups excluding carboxylic acids is 1. The van der Waals surface area contributed by atoms with Crippen molar-refractivity contribution in [3.8, 4) is 5.75 Å². The Morgan fingerprint density at radius 2 is 1.82 bits per heavy atom. The summed E-state index contributed by atoms with van der Waals surface area (Å²) in [6, 6.07) is 3.94. The number of thiazole rings is 2. The van der Waals surface area contributed by atoms with Gasteiger partial charge in [-0.05, 0) is 46.5 Å². The highest BCUT2D eigenvalue weighted by Gasteiger charge is 2.25. The lowest BCUT2D eigenvalue weighted by molar-refractivity contribution is 0.0988. The molecule has 0 atom stereocenters. The number of aryl methyl sites for hydroxylation is 3. The first-order chi connectivity index (χ1) is 12.8. The maximum atomic E-state index is 13.3. The van der Waals surface area contributed by atoms with Gasteiger partial charge in [-0.15, -0.1) is 23.7 Å². The lowest BCUT2D eigenvalue weighted by Gasteiger charge is -2.21. The number of rotatable bonds is 6. The Morgan fingerprint density at radius 1 is 1.11 bits per heavy atom. The molecule has 6 nitrogen and oxygen atoms in total. The van der Waals surface area contributed by atoms with Crippen LogP contribution in [0.5, 0.6) is 5.75 Å². The van der Waals surface area contributed by atoms with Gasteiger partial charge in [0.25, 0.3) is 5.91 Å². The summed E-state index contributed by atoms with van der Waals surface area (Å²) in [5.41, 5.74) is 2.70. The molecule has 3 rings (SSSR count). The number of amides is 1. The minimum atomic E-state index is -0.0457. The molecule has 0 aliphatic carbocycles. The van der Waals surface area contributed by atoms with Gasteiger partial charge in [-0.2, -0.15) is 0 Å². The van der Waals surface area contributed by atoms with Crippen molar-refractivity contribution < 1.29 is 9.53 Å². The molecule has 0 fully saturated rings. The molecule has 0 radical (unpaired) electrons.